The molecular weight excluding hydrogens is 360 g/mol. The topological polar surface area (TPSA) is 58.3 Å². The number of hydrogen-bond donors (Lipinski definition) is 2. The van der Waals surface area contributed by atoms with Crippen LogP contribution >= 0.6 is 0 Å². The molecule has 5 rings (SSSR count). The summed E-state index contributed by atoms with van der Waals surface area (Å²) in [6.07, 6.45) is 14.7. The van der Waals surface area contributed by atoms with E-state index in [9.17, 15) is 10.2 Å². The first-order chi connectivity index (χ1) is 13.7. The Balaban J connectivity index is 1.35. The third kappa shape index (κ3) is 3.29. The summed E-state index contributed by atoms with van der Waals surface area (Å²) in [5.41, 5.74) is -0.880. The summed E-state index contributed by atoms with van der Waals surface area (Å²) in [6.45, 7) is 7.21. The minimum absolute atomic E-state index is 0.255. The second-order valence-corrected chi connectivity index (χ2v) is 11.9. The van der Waals surface area contributed by atoms with Gasteiger partial charge in [0, 0.05) is 12.4 Å². The summed E-state index contributed by atoms with van der Waals surface area (Å²) in [6, 6.07) is 1.94. The van der Waals surface area contributed by atoms with Gasteiger partial charge in [0.25, 0.3) is 0 Å². The monoisotopic (exact) mass is 400 g/mol. The molecule has 0 unspecified atom stereocenters. The fourth-order valence-electron chi connectivity index (χ4n) is 8.94. The molecule has 4 aliphatic carbocycles. The number of rotatable bonds is 3. The second kappa shape index (κ2) is 6.82. The van der Waals surface area contributed by atoms with E-state index in [1.54, 1.807) is 6.20 Å². The number of aliphatic hydroxyl groups is 2. The molecule has 162 valence electrons. The highest BCUT2D eigenvalue weighted by Gasteiger charge is 2.60. The molecule has 0 aromatic carbocycles. The van der Waals surface area contributed by atoms with Gasteiger partial charge in [-0.05, 0) is 119 Å². The van der Waals surface area contributed by atoms with E-state index in [-0.39, 0.29) is 5.41 Å². The van der Waals surface area contributed by atoms with Crippen LogP contribution in [0, 0.1) is 40.9 Å². The Morgan fingerprint density at radius 2 is 1.83 bits per heavy atom. The lowest BCUT2D eigenvalue weighted by molar-refractivity contribution is -0.126. The molecule has 1 aromatic heterocycles. The standard InChI is InChI=1S/C25H40N2O2/c1-23(28)11-9-18-17(15-23)5-6-20-19(18)10-12-24(2)21(20)7-8-22(24)25(3,29)16-27-14-4-13-26-27/h4,13-14,17-22,28-29H,5-12,15-16H2,1-3H3/t17-,18+,19-,20-,21+,22+,23-,24+,25-/m1/s1. The van der Waals surface area contributed by atoms with Crippen LogP contribution in [0.2, 0.25) is 0 Å². The first-order valence-electron chi connectivity index (χ1n) is 12.1. The van der Waals surface area contributed by atoms with Crippen LogP contribution in [0.3, 0.4) is 0 Å². The van der Waals surface area contributed by atoms with E-state index in [1.807, 2.05) is 16.9 Å². The van der Waals surface area contributed by atoms with Crippen LogP contribution in [-0.4, -0.2) is 31.2 Å². The predicted octanol–water partition coefficient (Wildman–Crippen LogP) is 4.65. The van der Waals surface area contributed by atoms with E-state index < -0.39 is 11.2 Å². The Morgan fingerprint density at radius 3 is 2.59 bits per heavy atom. The predicted molar refractivity (Wildman–Crippen MR) is 114 cm³/mol. The highest BCUT2D eigenvalue weighted by Crippen LogP contribution is 2.66. The summed E-state index contributed by atoms with van der Waals surface area (Å²) in [4.78, 5) is 0. The first kappa shape index (κ1) is 20.1. The van der Waals surface area contributed by atoms with Crippen LogP contribution in [-0.2, 0) is 6.54 Å². The lowest BCUT2D eigenvalue weighted by Crippen LogP contribution is -2.53. The molecule has 0 spiro atoms. The normalized spacial score (nSPS) is 49.0. The van der Waals surface area contributed by atoms with Gasteiger partial charge in [-0.15, -0.1) is 0 Å². The Labute approximate surface area is 176 Å². The van der Waals surface area contributed by atoms with Crippen molar-refractivity contribution >= 4 is 0 Å². The molecule has 0 bridgehead atoms. The van der Waals surface area contributed by atoms with Crippen LogP contribution in [0.4, 0.5) is 0 Å². The Morgan fingerprint density at radius 1 is 1.03 bits per heavy atom. The van der Waals surface area contributed by atoms with Gasteiger partial charge in [0.1, 0.15) is 0 Å². The molecule has 2 N–H and O–H groups in total. The van der Waals surface area contributed by atoms with Gasteiger partial charge in [-0.25, -0.2) is 0 Å². The molecule has 0 aliphatic heterocycles. The fraction of sp³-hybridized carbons (Fsp3) is 0.880. The van der Waals surface area contributed by atoms with Gasteiger partial charge in [0.05, 0.1) is 17.7 Å². The third-order valence-electron chi connectivity index (χ3n) is 10.0. The molecule has 1 aromatic rings. The van der Waals surface area contributed by atoms with Crippen molar-refractivity contribution in [2.24, 2.45) is 40.9 Å². The van der Waals surface area contributed by atoms with Crippen molar-refractivity contribution in [3.05, 3.63) is 18.5 Å². The van der Waals surface area contributed by atoms with Gasteiger partial charge >= 0.3 is 0 Å². The smallest absolute Gasteiger partial charge is 0.0848 e. The first-order valence-corrected chi connectivity index (χ1v) is 12.1. The van der Waals surface area contributed by atoms with E-state index in [0.29, 0.717) is 12.5 Å². The zero-order valence-corrected chi connectivity index (χ0v) is 18.6. The molecule has 4 fully saturated rings. The van der Waals surface area contributed by atoms with Gasteiger partial charge in [-0.3, -0.25) is 4.68 Å². The van der Waals surface area contributed by atoms with E-state index >= 15 is 0 Å². The lowest BCUT2D eigenvalue weighted by atomic mass is 9.48. The molecule has 29 heavy (non-hydrogen) atoms. The zero-order valence-electron chi connectivity index (χ0n) is 18.6. The van der Waals surface area contributed by atoms with Crippen LogP contribution in [0.1, 0.15) is 78.6 Å². The molecule has 0 radical (unpaired) electrons. The molecule has 9 atom stereocenters. The van der Waals surface area contributed by atoms with Crippen molar-refractivity contribution in [2.75, 3.05) is 0 Å². The van der Waals surface area contributed by atoms with Gasteiger partial charge in [-0.2, -0.15) is 5.10 Å². The van der Waals surface area contributed by atoms with Crippen molar-refractivity contribution in [1.82, 2.24) is 9.78 Å². The van der Waals surface area contributed by atoms with Crippen LogP contribution in [0.25, 0.3) is 0 Å². The van der Waals surface area contributed by atoms with Crippen molar-refractivity contribution in [3.63, 3.8) is 0 Å². The molecule has 4 nitrogen and oxygen atoms in total. The maximum atomic E-state index is 11.5. The Kier molecular flexibility index (Phi) is 4.71. The highest BCUT2D eigenvalue weighted by molar-refractivity contribution is 5.09. The number of nitrogens with zero attached hydrogens (tertiary/aromatic N) is 2. The van der Waals surface area contributed by atoms with Crippen LogP contribution in [0.5, 0.6) is 0 Å². The molecule has 4 saturated carbocycles. The van der Waals surface area contributed by atoms with E-state index in [2.05, 4.69) is 25.9 Å². The summed E-state index contributed by atoms with van der Waals surface area (Å²) < 4.78 is 1.90. The number of aromatic nitrogens is 2. The average Bonchev–Trinajstić information content (AvgIpc) is 3.27. The number of hydrogen-bond acceptors (Lipinski definition) is 3. The van der Waals surface area contributed by atoms with Gasteiger partial charge < -0.3 is 10.2 Å². The molecule has 0 amide bonds. The van der Waals surface area contributed by atoms with E-state index in [4.69, 9.17) is 0 Å². The van der Waals surface area contributed by atoms with Crippen molar-refractivity contribution in [1.29, 1.82) is 0 Å². The number of fused-ring (bicyclic) bond motifs is 5. The van der Waals surface area contributed by atoms with Crippen LogP contribution < -0.4 is 0 Å². The Bertz CT molecular complexity index is 727. The maximum Gasteiger partial charge on any atom is 0.0848 e. The molecule has 1 heterocycles. The van der Waals surface area contributed by atoms with E-state index in [1.165, 1.54) is 38.5 Å². The second-order valence-electron chi connectivity index (χ2n) is 11.9. The van der Waals surface area contributed by atoms with Crippen molar-refractivity contribution in [2.45, 2.75) is 96.3 Å². The minimum Gasteiger partial charge on any atom is -0.390 e. The fourth-order valence-corrected chi connectivity index (χ4v) is 8.94. The highest BCUT2D eigenvalue weighted by atomic mass is 16.3. The molecule has 4 aliphatic rings. The molecule has 0 saturated heterocycles. The lowest BCUT2D eigenvalue weighted by Gasteiger charge is -2.58. The molecule has 4 heteroatoms. The van der Waals surface area contributed by atoms with Gasteiger partial charge in [0.2, 0.25) is 0 Å². The minimum atomic E-state index is -0.705. The summed E-state index contributed by atoms with van der Waals surface area (Å²) in [5.74, 6) is 4.39. The Hall–Kier alpha value is -0.870. The van der Waals surface area contributed by atoms with Crippen molar-refractivity contribution < 1.29 is 10.2 Å². The molecular formula is C25H40N2O2. The average molecular weight is 401 g/mol. The largest absolute Gasteiger partial charge is 0.390 e. The summed E-state index contributed by atoms with van der Waals surface area (Å²) in [5, 5.41) is 26.5. The maximum absolute atomic E-state index is 11.5. The van der Waals surface area contributed by atoms with Crippen LogP contribution in [0.15, 0.2) is 18.5 Å². The van der Waals surface area contributed by atoms with Crippen molar-refractivity contribution in [3.8, 4) is 0 Å². The summed E-state index contributed by atoms with van der Waals surface area (Å²) >= 11 is 0. The zero-order chi connectivity index (χ0) is 20.4. The van der Waals surface area contributed by atoms with Gasteiger partial charge in [0.15, 0.2) is 0 Å². The van der Waals surface area contributed by atoms with E-state index in [0.717, 1.165) is 48.9 Å². The quantitative estimate of drug-likeness (QED) is 0.776. The summed E-state index contributed by atoms with van der Waals surface area (Å²) in [7, 11) is 0. The SMILES string of the molecule is C[C@@]1(O)CC[C@H]2[C@H](CC[C@@H]3[C@@H]2CC[C@@]2(C)[C@H]3CC[C@@H]2[C@](C)(O)Cn2cccn2)C1. The third-order valence-corrected chi connectivity index (χ3v) is 10.0. The van der Waals surface area contributed by atoms with Gasteiger partial charge in [-0.1, -0.05) is 6.92 Å².